The fourth-order valence-corrected chi connectivity index (χ4v) is 1.85. The molecule has 0 aliphatic rings. The summed E-state index contributed by atoms with van der Waals surface area (Å²) in [6.07, 6.45) is 6.44. The fraction of sp³-hybridized carbons (Fsp3) is 0.917. The molecule has 1 aromatic heterocycles. The highest BCUT2D eigenvalue weighted by Gasteiger charge is 2.03. The molecule has 0 unspecified atom stereocenters. The maximum atomic E-state index is 4.00. The smallest absolute Gasteiger partial charge is 0.165 e. The molecular formula is C12H25N5. The van der Waals surface area contributed by atoms with Gasteiger partial charge in [-0.25, -0.2) is 4.68 Å². The van der Waals surface area contributed by atoms with Gasteiger partial charge in [-0.3, -0.25) is 0 Å². The molecule has 0 saturated carbocycles. The van der Waals surface area contributed by atoms with Crippen molar-refractivity contribution in [3.8, 4) is 0 Å². The topological polar surface area (TPSA) is 55.6 Å². The van der Waals surface area contributed by atoms with Gasteiger partial charge in [0.25, 0.3) is 0 Å². The lowest BCUT2D eigenvalue weighted by Crippen LogP contribution is -2.13. The van der Waals surface area contributed by atoms with E-state index in [9.17, 15) is 0 Å². The molecule has 0 amide bonds. The molecule has 1 N–H and O–H groups in total. The summed E-state index contributed by atoms with van der Waals surface area (Å²) in [6, 6.07) is 0. The Hall–Kier alpha value is -0.970. The van der Waals surface area contributed by atoms with E-state index in [0.717, 1.165) is 24.8 Å². The maximum Gasteiger partial charge on any atom is 0.165 e. The van der Waals surface area contributed by atoms with Crippen molar-refractivity contribution in [2.45, 2.75) is 59.0 Å². The van der Waals surface area contributed by atoms with E-state index in [1.165, 1.54) is 32.1 Å². The third-order valence-electron chi connectivity index (χ3n) is 2.84. The summed E-state index contributed by atoms with van der Waals surface area (Å²) in [7, 11) is 1.91. The number of unbranched alkanes of at least 4 members (excludes halogenated alkanes) is 3. The van der Waals surface area contributed by atoms with Crippen LogP contribution < -0.4 is 5.32 Å². The van der Waals surface area contributed by atoms with E-state index in [2.05, 4.69) is 34.7 Å². The molecule has 1 heterocycles. The van der Waals surface area contributed by atoms with Crippen molar-refractivity contribution in [2.24, 2.45) is 5.92 Å². The van der Waals surface area contributed by atoms with Crippen LogP contribution in [0.2, 0.25) is 0 Å². The molecule has 1 aromatic rings. The Morgan fingerprint density at radius 2 is 1.94 bits per heavy atom. The van der Waals surface area contributed by atoms with Gasteiger partial charge in [0.15, 0.2) is 5.82 Å². The van der Waals surface area contributed by atoms with Crippen molar-refractivity contribution >= 4 is 0 Å². The van der Waals surface area contributed by atoms with Gasteiger partial charge in [-0.15, -0.1) is 5.10 Å². The highest BCUT2D eigenvalue weighted by molar-refractivity contribution is 4.78. The summed E-state index contributed by atoms with van der Waals surface area (Å²) in [5, 5.41) is 14.8. The van der Waals surface area contributed by atoms with Crippen LogP contribution in [0.4, 0.5) is 0 Å². The Kier molecular flexibility index (Phi) is 6.77. The standard InChI is InChI=1S/C12H25N5/c1-11(2)8-6-4-5-7-9-17-12(10-13-3)14-15-16-17/h11,13H,4-10H2,1-3H3. The molecule has 5 nitrogen and oxygen atoms in total. The van der Waals surface area contributed by atoms with Crippen LogP contribution in [0, 0.1) is 5.92 Å². The van der Waals surface area contributed by atoms with Crippen LogP contribution in [0.25, 0.3) is 0 Å². The third kappa shape index (κ3) is 5.77. The second-order valence-electron chi connectivity index (χ2n) is 4.95. The second-order valence-corrected chi connectivity index (χ2v) is 4.95. The van der Waals surface area contributed by atoms with Gasteiger partial charge in [-0.05, 0) is 29.8 Å². The number of rotatable bonds is 9. The number of tetrazole rings is 1. The Labute approximate surface area is 104 Å². The van der Waals surface area contributed by atoms with Crippen molar-refractivity contribution in [1.82, 2.24) is 25.5 Å². The third-order valence-corrected chi connectivity index (χ3v) is 2.84. The molecule has 0 atom stereocenters. The summed E-state index contributed by atoms with van der Waals surface area (Å²) in [5.74, 6) is 1.76. The number of aryl methyl sites for hydroxylation is 1. The predicted octanol–water partition coefficient (Wildman–Crippen LogP) is 2.00. The molecule has 98 valence electrons. The Balaban J connectivity index is 2.11. The molecule has 17 heavy (non-hydrogen) atoms. The number of aromatic nitrogens is 4. The minimum Gasteiger partial charge on any atom is -0.313 e. The van der Waals surface area contributed by atoms with Crippen LogP contribution in [0.1, 0.15) is 51.8 Å². The average molecular weight is 239 g/mol. The van der Waals surface area contributed by atoms with Crippen molar-refractivity contribution in [1.29, 1.82) is 0 Å². The summed E-state index contributed by atoms with van der Waals surface area (Å²) in [6.45, 7) is 6.24. The summed E-state index contributed by atoms with van der Waals surface area (Å²) in [4.78, 5) is 0. The first kappa shape index (κ1) is 14.1. The van der Waals surface area contributed by atoms with Crippen molar-refractivity contribution in [3.05, 3.63) is 5.82 Å². The summed E-state index contributed by atoms with van der Waals surface area (Å²) in [5.41, 5.74) is 0. The Bertz CT molecular complexity index is 295. The highest BCUT2D eigenvalue weighted by Crippen LogP contribution is 2.10. The van der Waals surface area contributed by atoms with E-state index in [4.69, 9.17) is 0 Å². The lowest BCUT2D eigenvalue weighted by Gasteiger charge is -2.05. The van der Waals surface area contributed by atoms with E-state index >= 15 is 0 Å². The molecule has 0 spiro atoms. The van der Waals surface area contributed by atoms with Crippen LogP contribution >= 0.6 is 0 Å². The van der Waals surface area contributed by atoms with Crippen molar-refractivity contribution in [3.63, 3.8) is 0 Å². The zero-order valence-corrected chi connectivity index (χ0v) is 11.3. The first-order valence-electron chi connectivity index (χ1n) is 6.63. The molecule has 0 aliphatic heterocycles. The van der Waals surface area contributed by atoms with E-state index < -0.39 is 0 Å². The van der Waals surface area contributed by atoms with E-state index in [1.54, 1.807) is 0 Å². The molecule has 0 aliphatic carbocycles. The van der Waals surface area contributed by atoms with Crippen LogP contribution in [-0.2, 0) is 13.1 Å². The van der Waals surface area contributed by atoms with E-state index in [1.807, 2.05) is 11.7 Å². The lowest BCUT2D eigenvalue weighted by molar-refractivity contribution is 0.479. The maximum absolute atomic E-state index is 4.00. The SMILES string of the molecule is CNCc1nnnn1CCCCCCC(C)C. The van der Waals surface area contributed by atoms with Crippen molar-refractivity contribution < 1.29 is 0 Å². The first-order valence-corrected chi connectivity index (χ1v) is 6.63. The molecule has 0 radical (unpaired) electrons. The van der Waals surface area contributed by atoms with E-state index in [-0.39, 0.29) is 0 Å². The van der Waals surface area contributed by atoms with Gasteiger partial charge in [0.2, 0.25) is 0 Å². The largest absolute Gasteiger partial charge is 0.313 e. The molecule has 0 fully saturated rings. The second kappa shape index (κ2) is 8.17. The zero-order valence-electron chi connectivity index (χ0n) is 11.3. The van der Waals surface area contributed by atoms with Gasteiger partial charge in [0.05, 0.1) is 6.54 Å². The number of hydrogen-bond acceptors (Lipinski definition) is 4. The minimum atomic E-state index is 0.736. The number of nitrogens with zero attached hydrogens (tertiary/aromatic N) is 4. The van der Waals surface area contributed by atoms with Gasteiger partial charge in [0, 0.05) is 6.54 Å². The molecule has 1 rings (SSSR count). The zero-order chi connectivity index (χ0) is 12.5. The van der Waals surface area contributed by atoms with Crippen LogP contribution in [0.15, 0.2) is 0 Å². The lowest BCUT2D eigenvalue weighted by atomic mass is 10.0. The number of nitrogens with one attached hydrogen (secondary N) is 1. The Morgan fingerprint density at radius 3 is 2.65 bits per heavy atom. The molecule has 0 bridgehead atoms. The summed E-state index contributed by atoms with van der Waals surface area (Å²) < 4.78 is 1.90. The van der Waals surface area contributed by atoms with Crippen molar-refractivity contribution in [2.75, 3.05) is 7.05 Å². The molecule has 5 heteroatoms. The fourth-order valence-electron chi connectivity index (χ4n) is 1.85. The van der Waals surface area contributed by atoms with Gasteiger partial charge in [0.1, 0.15) is 0 Å². The van der Waals surface area contributed by atoms with Crippen LogP contribution in [0.5, 0.6) is 0 Å². The average Bonchev–Trinajstić information content (AvgIpc) is 2.71. The van der Waals surface area contributed by atoms with Gasteiger partial charge in [-0.2, -0.15) is 0 Å². The number of hydrogen-bond donors (Lipinski definition) is 1. The molecule has 0 aromatic carbocycles. The van der Waals surface area contributed by atoms with E-state index in [0.29, 0.717) is 0 Å². The van der Waals surface area contributed by atoms with Gasteiger partial charge >= 0.3 is 0 Å². The monoisotopic (exact) mass is 239 g/mol. The molecule has 0 saturated heterocycles. The van der Waals surface area contributed by atoms with Gasteiger partial charge < -0.3 is 5.32 Å². The van der Waals surface area contributed by atoms with Crippen LogP contribution in [-0.4, -0.2) is 27.3 Å². The normalized spacial score (nSPS) is 11.3. The Morgan fingerprint density at radius 1 is 1.18 bits per heavy atom. The van der Waals surface area contributed by atoms with Gasteiger partial charge in [-0.1, -0.05) is 39.5 Å². The first-order chi connectivity index (χ1) is 8.24. The summed E-state index contributed by atoms with van der Waals surface area (Å²) >= 11 is 0. The molecular weight excluding hydrogens is 214 g/mol. The van der Waals surface area contributed by atoms with Crippen LogP contribution in [0.3, 0.4) is 0 Å². The quantitative estimate of drug-likeness (QED) is 0.670. The minimum absolute atomic E-state index is 0.736. The predicted molar refractivity (Wildman–Crippen MR) is 68.5 cm³/mol. The highest BCUT2D eigenvalue weighted by atomic mass is 15.5.